The van der Waals surface area contributed by atoms with Crippen LogP contribution in [0.25, 0.3) is 0 Å². The molecule has 0 spiro atoms. The van der Waals surface area contributed by atoms with Crippen LogP contribution in [0.4, 0.5) is 0 Å². The Labute approximate surface area is 121 Å². The molecule has 0 unspecified atom stereocenters. The molecular formula is C14H14BrClN2. The van der Waals surface area contributed by atoms with E-state index < -0.39 is 0 Å². The van der Waals surface area contributed by atoms with E-state index in [9.17, 15) is 0 Å². The minimum atomic E-state index is 0.216. The minimum absolute atomic E-state index is 0.216. The predicted octanol–water partition coefficient (Wildman–Crippen LogP) is 4.35. The molecule has 1 heterocycles. The number of nitrogens with zero attached hydrogens (tertiary/aromatic N) is 1. The maximum atomic E-state index is 5.92. The molecule has 0 bridgehead atoms. The molecule has 2 rings (SSSR count). The van der Waals surface area contributed by atoms with Crippen LogP contribution < -0.4 is 5.32 Å². The van der Waals surface area contributed by atoms with Gasteiger partial charge in [-0.3, -0.25) is 4.98 Å². The summed E-state index contributed by atoms with van der Waals surface area (Å²) >= 11 is 9.43. The molecule has 94 valence electrons. The zero-order valence-corrected chi connectivity index (χ0v) is 12.4. The van der Waals surface area contributed by atoms with Crippen molar-refractivity contribution in [2.45, 2.75) is 19.5 Å². The highest BCUT2D eigenvalue weighted by atomic mass is 79.9. The second-order valence-corrected chi connectivity index (χ2v) is 5.38. The number of aromatic nitrogens is 1. The van der Waals surface area contributed by atoms with Gasteiger partial charge in [-0.15, -0.1) is 0 Å². The van der Waals surface area contributed by atoms with Crippen molar-refractivity contribution < 1.29 is 0 Å². The molecule has 0 amide bonds. The molecule has 2 nitrogen and oxygen atoms in total. The van der Waals surface area contributed by atoms with Crippen LogP contribution in [0.1, 0.15) is 24.2 Å². The third-order valence-electron chi connectivity index (χ3n) is 2.75. The van der Waals surface area contributed by atoms with E-state index in [-0.39, 0.29) is 6.04 Å². The number of rotatable bonds is 4. The fraction of sp³-hybridized carbons (Fsp3) is 0.214. The molecule has 0 radical (unpaired) electrons. The molecule has 4 heteroatoms. The van der Waals surface area contributed by atoms with Gasteiger partial charge < -0.3 is 5.32 Å². The van der Waals surface area contributed by atoms with E-state index in [1.165, 1.54) is 5.56 Å². The summed E-state index contributed by atoms with van der Waals surface area (Å²) in [5, 5.41) is 4.18. The monoisotopic (exact) mass is 324 g/mol. The van der Waals surface area contributed by atoms with Gasteiger partial charge in [-0.2, -0.15) is 0 Å². The first-order chi connectivity index (χ1) is 8.66. The first-order valence-corrected chi connectivity index (χ1v) is 6.92. The van der Waals surface area contributed by atoms with Crippen molar-refractivity contribution in [1.82, 2.24) is 10.3 Å². The van der Waals surface area contributed by atoms with Crippen molar-refractivity contribution in [3.05, 3.63) is 63.3 Å². The van der Waals surface area contributed by atoms with Gasteiger partial charge in [0.2, 0.25) is 0 Å². The summed E-state index contributed by atoms with van der Waals surface area (Å²) < 4.78 is 1.02. The van der Waals surface area contributed by atoms with Gasteiger partial charge >= 0.3 is 0 Å². The first-order valence-electron chi connectivity index (χ1n) is 5.75. The Morgan fingerprint density at radius 2 is 2.17 bits per heavy atom. The van der Waals surface area contributed by atoms with E-state index in [4.69, 9.17) is 11.6 Å². The molecular weight excluding hydrogens is 312 g/mol. The third-order valence-corrected chi connectivity index (χ3v) is 3.72. The Kier molecular flexibility index (Phi) is 4.75. The lowest BCUT2D eigenvalue weighted by Gasteiger charge is -2.14. The summed E-state index contributed by atoms with van der Waals surface area (Å²) in [5.41, 5.74) is 2.23. The first kappa shape index (κ1) is 13.5. The zero-order chi connectivity index (χ0) is 13.0. The number of hydrogen-bond acceptors (Lipinski definition) is 2. The largest absolute Gasteiger partial charge is 0.305 e. The van der Waals surface area contributed by atoms with Gasteiger partial charge in [0.15, 0.2) is 0 Å². The van der Waals surface area contributed by atoms with Crippen molar-refractivity contribution in [2.24, 2.45) is 0 Å². The highest BCUT2D eigenvalue weighted by Gasteiger charge is 2.07. The zero-order valence-electron chi connectivity index (χ0n) is 10.0. The third kappa shape index (κ3) is 3.55. The topological polar surface area (TPSA) is 24.9 Å². The van der Waals surface area contributed by atoms with Gasteiger partial charge in [0, 0.05) is 28.3 Å². The highest BCUT2D eigenvalue weighted by molar-refractivity contribution is 9.10. The van der Waals surface area contributed by atoms with Crippen LogP contribution in [0.3, 0.4) is 0 Å². The fourth-order valence-corrected chi connectivity index (χ4v) is 2.49. The van der Waals surface area contributed by atoms with Gasteiger partial charge in [0.05, 0.1) is 5.69 Å². The van der Waals surface area contributed by atoms with Crippen molar-refractivity contribution >= 4 is 27.5 Å². The van der Waals surface area contributed by atoms with Gasteiger partial charge in [0.1, 0.15) is 0 Å². The highest BCUT2D eigenvalue weighted by Crippen LogP contribution is 2.22. The molecule has 1 aromatic heterocycles. The van der Waals surface area contributed by atoms with Crippen LogP contribution in [0.15, 0.2) is 47.1 Å². The number of benzene rings is 1. The molecule has 2 aromatic rings. The molecule has 0 saturated heterocycles. The predicted molar refractivity (Wildman–Crippen MR) is 78.6 cm³/mol. The van der Waals surface area contributed by atoms with Gasteiger partial charge in [0.25, 0.3) is 0 Å². The molecule has 18 heavy (non-hydrogen) atoms. The van der Waals surface area contributed by atoms with Crippen molar-refractivity contribution in [3.63, 3.8) is 0 Å². The van der Waals surface area contributed by atoms with Crippen LogP contribution in [0, 0.1) is 0 Å². The summed E-state index contributed by atoms with van der Waals surface area (Å²) in [4.78, 5) is 4.33. The van der Waals surface area contributed by atoms with Crippen molar-refractivity contribution in [2.75, 3.05) is 0 Å². The molecule has 0 aliphatic carbocycles. The lowest BCUT2D eigenvalue weighted by Crippen LogP contribution is -2.19. The quantitative estimate of drug-likeness (QED) is 0.904. The van der Waals surface area contributed by atoms with Crippen LogP contribution in [-0.2, 0) is 6.54 Å². The van der Waals surface area contributed by atoms with Gasteiger partial charge in [-0.25, -0.2) is 0 Å². The summed E-state index contributed by atoms with van der Waals surface area (Å²) in [6.45, 7) is 2.88. The summed E-state index contributed by atoms with van der Waals surface area (Å²) in [5.74, 6) is 0. The molecule has 1 aromatic carbocycles. The summed E-state index contributed by atoms with van der Waals surface area (Å²) in [6, 6.07) is 12.0. The summed E-state index contributed by atoms with van der Waals surface area (Å²) in [6.07, 6.45) is 1.81. The summed E-state index contributed by atoms with van der Waals surface area (Å²) in [7, 11) is 0. The minimum Gasteiger partial charge on any atom is -0.305 e. The second kappa shape index (κ2) is 6.32. The van der Waals surface area contributed by atoms with Crippen LogP contribution in [0.2, 0.25) is 5.02 Å². The molecule has 1 N–H and O–H groups in total. The number of hydrogen-bond donors (Lipinski definition) is 1. The van der Waals surface area contributed by atoms with Crippen molar-refractivity contribution in [1.29, 1.82) is 0 Å². The van der Waals surface area contributed by atoms with Gasteiger partial charge in [-0.1, -0.05) is 39.7 Å². The maximum Gasteiger partial charge on any atom is 0.0570 e. The SMILES string of the molecule is C[C@H](NCc1ccc(Cl)cc1Br)c1ccccn1. The van der Waals surface area contributed by atoms with E-state index >= 15 is 0 Å². The van der Waals surface area contributed by atoms with Crippen molar-refractivity contribution in [3.8, 4) is 0 Å². The standard InChI is InChI=1S/C14H14BrClN2/c1-10(14-4-2-3-7-17-14)18-9-11-5-6-12(16)8-13(11)15/h2-8,10,18H,9H2,1H3/t10-/m0/s1. The molecule has 1 atom stereocenters. The van der Waals surface area contributed by atoms with E-state index in [0.29, 0.717) is 0 Å². The average Bonchev–Trinajstić information content (AvgIpc) is 2.38. The fourth-order valence-electron chi connectivity index (χ4n) is 1.66. The lowest BCUT2D eigenvalue weighted by atomic mass is 10.2. The lowest BCUT2D eigenvalue weighted by molar-refractivity contribution is 0.560. The van der Waals surface area contributed by atoms with Crippen LogP contribution in [-0.4, -0.2) is 4.98 Å². The Hall–Kier alpha value is -0.900. The van der Waals surface area contributed by atoms with Crippen LogP contribution in [0.5, 0.6) is 0 Å². The Bertz CT molecular complexity index is 516. The number of halogens is 2. The Morgan fingerprint density at radius 1 is 1.33 bits per heavy atom. The van der Waals surface area contributed by atoms with E-state index in [1.54, 1.807) is 0 Å². The van der Waals surface area contributed by atoms with Gasteiger partial charge in [-0.05, 0) is 36.8 Å². The Balaban J connectivity index is 1.99. The van der Waals surface area contributed by atoms with E-state index in [1.807, 2.05) is 42.6 Å². The number of nitrogens with one attached hydrogen (secondary N) is 1. The second-order valence-electron chi connectivity index (χ2n) is 4.09. The molecule has 0 aliphatic heterocycles. The molecule has 0 aliphatic rings. The van der Waals surface area contributed by atoms with E-state index in [0.717, 1.165) is 21.7 Å². The maximum absolute atomic E-state index is 5.92. The van der Waals surface area contributed by atoms with E-state index in [2.05, 4.69) is 33.2 Å². The number of pyridine rings is 1. The Morgan fingerprint density at radius 3 is 2.83 bits per heavy atom. The molecule has 0 saturated carbocycles. The normalized spacial score (nSPS) is 12.4. The molecule has 0 fully saturated rings. The smallest absolute Gasteiger partial charge is 0.0570 e. The van der Waals surface area contributed by atoms with Crippen LogP contribution >= 0.6 is 27.5 Å². The average molecular weight is 326 g/mol.